The van der Waals surface area contributed by atoms with E-state index in [1.54, 1.807) is 0 Å². The van der Waals surface area contributed by atoms with E-state index in [0.717, 1.165) is 0 Å². The van der Waals surface area contributed by atoms with E-state index in [1.165, 1.54) is 0 Å². The van der Waals surface area contributed by atoms with E-state index < -0.39 is 0 Å². The zero-order valence-corrected chi connectivity index (χ0v) is 10.8. The molecule has 5 heteroatoms. The molecule has 4 nitrogen and oxygen atoms in total. The van der Waals surface area contributed by atoms with Crippen molar-refractivity contribution in [2.24, 2.45) is 5.92 Å². The molecular weight excluding hydrogens is 193 g/mol. The van der Waals surface area contributed by atoms with E-state index in [4.69, 9.17) is 14.5 Å². The number of rotatable bonds is 7. The molecule has 0 atom stereocenters. The molecule has 0 spiro atoms. The van der Waals surface area contributed by atoms with Gasteiger partial charge in [0.15, 0.2) is 0 Å². The molecule has 0 aromatic heterocycles. The number of hydrogen-bond acceptors (Lipinski definition) is 3. The minimum Gasteiger partial charge on any atom is -1.00 e. The van der Waals surface area contributed by atoms with Crippen molar-refractivity contribution in [3.63, 3.8) is 0 Å². The Hall–Kier alpha value is -0.0951. The van der Waals surface area contributed by atoms with Crippen molar-refractivity contribution in [3.05, 3.63) is 0 Å². The Morgan fingerprint density at radius 1 is 1.07 bits per heavy atom. The van der Waals surface area contributed by atoms with Gasteiger partial charge in [-0.25, -0.2) is 0 Å². The van der Waals surface area contributed by atoms with Gasteiger partial charge in [-0.2, -0.15) is 0 Å². The smallest absolute Gasteiger partial charge is 0.132 e. The molecule has 0 aliphatic carbocycles. The van der Waals surface area contributed by atoms with Crippen molar-refractivity contribution in [2.75, 3.05) is 13.2 Å². The summed E-state index contributed by atoms with van der Waals surface area (Å²) in [6.45, 7) is 13.2. The molecule has 90 valence electrons. The van der Waals surface area contributed by atoms with Gasteiger partial charge in [-0.3, -0.25) is 0 Å². The van der Waals surface area contributed by atoms with Crippen molar-refractivity contribution >= 4 is 8.41 Å². The summed E-state index contributed by atoms with van der Waals surface area (Å²) < 4.78 is 0. The van der Waals surface area contributed by atoms with Gasteiger partial charge < -0.3 is 8.41 Å². The van der Waals surface area contributed by atoms with Crippen LogP contribution in [0.25, 0.3) is 0 Å². The lowest BCUT2D eigenvalue weighted by Crippen LogP contribution is -3.10. The Bertz CT molecular complexity index is 148. The van der Waals surface area contributed by atoms with Crippen LogP contribution in [0.15, 0.2) is 0 Å². The molecular formula is C10H24BNO3. The largest absolute Gasteiger partial charge is 1.00 e. The highest BCUT2D eigenvalue weighted by molar-refractivity contribution is 5.75. The van der Waals surface area contributed by atoms with Crippen LogP contribution in [0.3, 0.4) is 0 Å². The molecule has 0 heterocycles. The molecule has 0 saturated carbocycles. The normalized spacial score (nSPS) is 12.0. The molecule has 0 aliphatic heterocycles. The summed E-state index contributed by atoms with van der Waals surface area (Å²) in [5.74, 6) is 0.401. The fourth-order valence-corrected chi connectivity index (χ4v) is 0.669. The van der Waals surface area contributed by atoms with E-state index >= 15 is 0 Å². The van der Waals surface area contributed by atoms with E-state index in [2.05, 4.69) is 13.8 Å². The summed E-state index contributed by atoms with van der Waals surface area (Å²) in [5, 5.41) is 0.286. The van der Waals surface area contributed by atoms with Crippen LogP contribution in [-0.4, -0.2) is 27.2 Å². The lowest BCUT2D eigenvalue weighted by Gasteiger charge is -2.28. The van der Waals surface area contributed by atoms with Gasteiger partial charge >= 0.3 is 0 Å². The maximum absolute atomic E-state index is 5.65. The topological polar surface area (TPSA) is 32.1 Å². The number of hydrogen-bond donors (Lipinski definition) is 1. The summed E-state index contributed by atoms with van der Waals surface area (Å²) >= 11 is 0. The Balaban J connectivity index is 0. The van der Waals surface area contributed by atoms with Gasteiger partial charge in [-0.1, -0.05) is 13.8 Å². The minimum atomic E-state index is -0.264. The van der Waals surface area contributed by atoms with Gasteiger partial charge in [-0.15, -0.1) is 14.5 Å². The van der Waals surface area contributed by atoms with E-state index in [-0.39, 0.29) is 19.4 Å². The molecule has 0 amide bonds. The van der Waals surface area contributed by atoms with Gasteiger partial charge in [0.25, 0.3) is 0 Å². The maximum Gasteiger partial charge on any atom is 0.132 e. The van der Waals surface area contributed by atoms with Crippen LogP contribution >= 0.6 is 0 Å². The standard InChI is InChI=1S/C10H24NO3.B/c1-7-12-11(13-8-2)14-10(5,6)9(3)4;/h9,11H,7-8H2,1-6H3;/q+1;-1. The third-order valence-corrected chi connectivity index (χ3v) is 2.26. The fraction of sp³-hybridized carbons (Fsp3) is 1.00. The molecule has 1 N–H and O–H groups in total. The summed E-state index contributed by atoms with van der Waals surface area (Å²) in [4.78, 5) is 16.1. The summed E-state index contributed by atoms with van der Waals surface area (Å²) in [6.07, 6.45) is 0. The van der Waals surface area contributed by atoms with Crippen molar-refractivity contribution in [1.82, 2.24) is 0 Å². The molecule has 0 fully saturated rings. The van der Waals surface area contributed by atoms with E-state index in [1.807, 2.05) is 27.7 Å². The molecule has 0 unspecified atom stereocenters. The summed E-state index contributed by atoms with van der Waals surface area (Å²) in [6, 6.07) is 0. The lowest BCUT2D eigenvalue weighted by atomic mass is 9.95. The quantitative estimate of drug-likeness (QED) is 0.504. The number of nitrogens with one attached hydrogen (secondary N) is 1. The first-order valence-corrected chi connectivity index (χ1v) is 5.25. The minimum absolute atomic E-state index is 0. The SMILES string of the molecule is CCO[NH+](OCC)OC(C)(C)C(C)C.[B-]. The summed E-state index contributed by atoms with van der Waals surface area (Å²) in [7, 11) is 0. The second-order valence-corrected chi connectivity index (χ2v) is 3.98. The molecule has 0 rings (SSSR count). The van der Waals surface area contributed by atoms with Crippen molar-refractivity contribution in [3.8, 4) is 0 Å². The monoisotopic (exact) mass is 217 g/mol. The fourth-order valence-electron chi connectivity index (χ4n) is 0.669. The first-order valence-electron chi connectivity index (χ1n) is 5.25. The molecule has 4 radical (unpaired) electrons. The molecule has 0 saturated heterocycles. The lowest BCUT2D eigenvalue weighted by molar-refractivity contribution is -1.37. The molecule has 15 heavy (non-hydrogen) atoms. The summed E-state index contributed by atoms with van der Waals surface area (Å²) in [5.41, 5.74) is -0.264. The van der Waals surface area contributed by atoms with Gasteiger partial charge in [0, 0.05) is 0 Å². The highest BCUT2D eigenvalue weighted by Crippen LogP contribution is 2.17. The van der Waals surface area contributed by atoms with Crippen LogP contribution in [0.5, 0.6) is 0 Å². The zero-order valence-electron chi connectivity index (χ0n) is 10.8. The van der Waals surface area contributed by atoms with Gasteiger partial charge in [-0.05, 0) is 33.6 Å². The molecule has 0 aromatic carbocycles. The highest BCUT2D eigenvalue weighted by Gasteiger charge is 2.31. The van der Waals surface area contributed by atoms with Crippen molar-refractivity contribution in [1.29, 1.82) is 0 Å². The second kappa shape index (κ2) is 8.10. The van der Waals surface area contributed by atoms with Gasteiger partial charge in [0.2, 0.25) is 0 Å². The van der Waals surface area contributed by atoms with Crippen LogP contribution in [0.2, 0.25) is 0 Å². The van der Waals surface area contributed by atoms with Crippen LogP contribution in [0.1, 0.15) is 41.5 Å². The molecule has 0 bridgehead atoms. The third-order valence-electron chi connectivity index (χ3n) is 2.26. The van der Waals surface area contributed by atoms with Crippen LogP contribution < -0.4 is 5.39 Å². The zero-order chi connectivity index (χ0) is 11.2. The van der Waals surface area contributed by atoms with Crippen LogP contribution in [0.4, 0.5) is 0 Å². The Kier molecular flexibility index (Phi) is 9.35. The van der Waals surface area contributed by atoms with E-state index in [0.29, 0.717) is 19.1 Å². The Labute approximate surface area is 95.3 Å². The van der Waals surface area contributed by atoms with E-state index in [9.17, 15) is 0 Å². The van der Waals surface area contributed by atoms with Crippen LogP contribution in [0, 0.1) is 5.92 Å². The van der Waals surface area contributed by atoms with Crippen LogP contribution in [-0.2, 0) is 14.5 Å². The van der Waals surface area contributed by atoms with Crippen molar-refractivity contribution in [2.45, 2.75) is 47.1 Å². The Morgan fingerprint density at radius 2 is 1.47 bits per heavy atom. The number of quaternary nitrogens is 1. The Morgan fingerprint density at radius 3 is 1.73 bits per heavy atom. The predicted molar refractivity (Wildman–Crippen MR) is 60.0 cm³/mol. The molecule has 0 aromatic rings. The van der Waals surface area contributed by atoms with Crippen molar-refractivity contribution < 1.29 is 19.9 Å². The first kappa shape index (κ1) is 17.3. The highest BCUT2D eigenvalue weighted by atomic mass is 17.2. The average Bonchev–Trinajstić information content (AvgIpc) is 2.04. The third kappa shape index (κ3) is 6.90. The predicted octanol–water partition coefficient (Wildman–Crippen LogP) is 0.760. The first-order chi connectivity index (χ1) is 6.44. The maximum atomic E-state index is 5.65. The average molecular weight is 217 g/mol. The van der Waals surface area contributed by atoms with Gasteiger partial charge in [0.1, 0.15) is 18.8 Å². The molecule has 0 aliphatic rings. The van der Waals surface area contributed by atoms with Gasteiger partial charge in [0.05, 0.1) is 5.39 Å². The second-order valence-electron chi connectivity index (χ2n) is 3.98.